The van der Waals surface area contributed by atoms with Gasteiger partial charge in [-0.25, -0.2) is 4.99 Å². The average Bonchev–Trinajstić information content (AvgIpc) is 3.21. The Kier molecular flexibility index (Phi) is 5.38. The number of thiazole rings is 1. The zero-order valence-corrected chi connectivity index (χ0v) is 20.2. The summed E-state index contributed by atoms with van der Waals surface area (Å²) >= 11 is 1.30. The Balaban J connectivity index is 1.63. The Hall–Kier alpha value is -4.30. The third kappa shape index (κ3) is 3.58. The van der Waals surface area contributed by atoms with Crippen molar-refractivity contribution in [1.82, 2.24) is 4.57 Å². The Morgan fingerprint density at radius 2 is 1.89 bits per heavy atom. The number of ether oxygens (including phenoxy) is 1. The molecule has 1 aliphatic carbocycles. The quantitative estimate of drug-likeness (QED) is 0.313. The minimum atomic E-state index is -0.438. The second-order valence-electron chi connectivity index (χ2n) is 8.71. The largest absolute Gasteiger partial charge is 0.496 e. The van der Waals surface area contributed by atoms with Gasteiger partial charge < -0.3 is 4.74 Å². The zero-order chi connectivity index (χ0) is 24.8. The fourth-order valence-corrected chi connectivity index (χ4v) is 6.07. The summed E-state index contributed by atoms with van der Waals surface area (Å²) in [4.78, 5) is 30.2. The fourth-order valence-electron chi connectivity index (χ4n) is 5.07. The molecule has 0 amide bonds. The number of nitrogens with zero attached hydrogens (tertiary/aromatic N) is 3. The Bertz CT molecular complexity index is 1750. The molecule has 4 aromatic rings. The van der Waals surface area contributed by atoms with E-state index in [0.29, 0.717) is 20.6 Å². The molecular weight excluding hydrogens is 474 g/mol. The monoisotopic (exact) mass is 495 g/mol. The summed E-state index contributed by atoms with van der Waals surface area (Å²) < 4.78 is 7.93. The lowest BCUT2D eigenvalue weighted by Gasteiger charge is -2.31. The molecule has 1 aromatic heterocycles. The third-order valence-corrected chi connectivity index (χ3v) is 7.67. The van der Waals surface area contributed by atoms with Crippen LogP contribution in [0.2, 0.25) is 0 Å². The summed E-state index contributed by atoms with van der Waals surface area (Å²) in [6, 6.07) is 22.0. The standard InChI is InChI=1S/C28H21N3O4S/c1-35-23-12-5-4-11-21(23)26-22-14-13-18-8-2-3-10-20(18)25(22)29-28-30(26)27(32)24(36-28)16-17-7-6-9-19(15-17)31(33)34/h2-12,15-16,26H,13-14H2,1H3/b24-16-/t26-/m0/s1. The van der Waals surface area contributed by atoms with E-state index < -0.39 is 4.92 Å². The second kappa shape index (κ2) is 8.73. The summed E-state index contributed by atoms with van der Waals surface area (Å²) in [5.41, 5.74) is 5.65. The number of nitro benzene ring substituents is 1. The number of methoxy groups -OCH3 is 1. The second-order valence-corrected chi connectivity index (χ2v) is 9.72. The van der Waals surface area contributed by atoms with Crippen molar-refractivity contribution < 1.29 is 9.66 Å². The van der Waals surface area contributed by atoms with Crippen LogP contribution in [0.25, 0.3) is 11.8 Å². The van der Waals surface area contributed by atoms with Crippen molar-refractivity contribution in [3.63, 3.8) is 0 Å². The highest BCUT2D eigenvalue weighted by Crippen LogP contribution is 2.43. The average molecular weight is 496 g/mol. The van der Waals surface area contributed by atoms with E-state index in [1.807, 2.05) is 36.4 Å². The van der Waals surface area contributed by atoms with Gasteiger partial charge >= 0.3 is 0 Å². The predicted octanol–water partition coefficient (Wildman–Crippen LogP) is 4.24. The predicted molar refractivity (Wildman–Crippen MR) is 139 cm³/mol. The van der Waals surface area contributed by atoms with Gasteiger partial charge in [-0.15, -0.1) is 0 Å². The summed E-state index contributed by atoms with van der Waals surface area (Å²) in [7, 11) is 1.64. The van der Waals surface area contributed by atoms with Gasteiger partial charge in [0, 0.05) is 23.3 Å². The highest BCUT2D eigenvalue weighted by Gasteiger charge is 2.33. The van der Waals surface area contributed by atoms with E-state index in [1.54, 1.807) is 29.9 Å². The van der Waals surface area contributed by atoms with E-state index in [2.05, 4.69) is 12.1 Å². The first-order valence-corrected chi connectivity index (χ1v) is 12.4. The number of fused-ring (bicyclic) bond motifs is 3. The lowest BCUT2D eigenvalue weighted by molar-refractivity contribution is -0.384. The summed E-state index contributed by atoms with van der Waals surface area (Å²) in [6.45, 7) is 0. The molecule has 36 heavy (non-hydrogen) atoms. The van der Waals surface area contributed by atoms with E-state index in [4.69, 9.17) is 9.73 Å². The lowest BCUT2D eigenvalue weighted by atomic mass is 9.83. The Morgan fingerprint density at radius 1 is 1.08 bits per heavy atom. The number of aromatic nitrogens is 1. The van der Waals surface area contributed by atoms with E-state index in [-0.39, 0.29) is 17.3 Å². The number of non-ortho nitro benzene ring substituents is 1. The van der Waals surface area contributed by atoms with Crippen molar-refractivity contribution in [3.8, 4) is 5.75 Å². The summed E-state index contributed by atoms with van der Waals surface area (Å²) in [5.74, 6) is 0.711. The number of hydrogen-bond donors (Lipinski definition) is 0. The van der Waals surface area contributed by atoms with Crippen LogP contribution in [0.1, 0.15) is 34.7 Å². The third-order valence-electron chi connectivity index (χ3n) is 6.69. The minimum Gasteiger partial charge on any atom is -0.496 e. The maximum absolute atomic E-state index is 13.8. The molecule has 0 radical (unpaired) electrons. The number of benzene rings is 3. The molecule has 0 saturated heterocycles. The Morgan fingerprint density at radius 3 is 2.72 bits per heavy atom. The number of nitro groups is 1. The Labute approximate surface area is 210 Å². The van der Waals surface area contributed by atoms with Crippen LogP contribution in [-0.2, 0) is 6.42 Å². The van der Waals surface area contributed by atoms with Gasteiger partial charge in [-0.1, -0.05) is 65.9 Å². The van der Waals surface area contributed by atoms with E-state index in [1.165, 1.54) is 29.0 Å². The van der Waals surface area contributed by atoms with Crippen LogP contribution < -0.4 is 19.6 Å². The van der Waals surface area contributed by atoms with Crippen LogP contribution in [0.15, 0.2) is 88.2 Å². The number of allylic oxidation sites excluding steroid dienone is 1. The van der Waals surface area contributed by atoms with Crippen LogP contribution in [-0.4, -0.2) is 16.6 Å². The van der Waals surface area contributed by atoms with Gasteiger partial charge in [0.15, 0.2) is 4.80 Å². The van der Waals surface area contributed by atoms with Crippen LogP contribution in [0.4, 0.5) is 5.69 Å². The van der Waals surface area contributed by atoms with Gasteiger partial charge in [0.05, 0.1) is 28.3 Å². The van der Waals surface area contributed by atoms with Crippen LogP contribution in [0, 0.1) is 10.1 Å². The number of para-hydroxylation sites is 1. The molecule has 0 unspecified atom stereocenters. The molecule has 0 bridgehead atoms. The van der Waals surface area contributed by atoms with Crippen molar-refractivity contribution in [2.45, 2.75) is 18.9 Å². The molecule has 3 aromatic carbocycles. The van der Waals surface area contributed by atoms with Crippen LogP contribution in [0.3, 0.4) is 0 Å². The smallest absolute Gasteiger partial charge is 0.271 e. The van der Waals surface area contributed by atoms with E-state index in [9.17, 15) is 14.9 Å². The number of aryl methyl sites for hydroxylation is 1. The van der Waals surface area contributed by atoms with Crippen LogP contribution in [0.5, 0.6) is 5.75 Å². The summed E-state index contributed by atoms with van der Waals surface area (Å²) in [6.07, 6.45) is 3.36. The molecule has 0 spiro atoms. The molecule has 8 heteroatoms. The maximum atomic E-state index is 13.8. The van der Waals surface area contributed by atoms with Crippen molar-refractivity contribution in [2.24, 2.45) is 4.99 Å². The fraction of sp³-hybridized carbons (Fsp3) is 0.143. The normalized spacial score (nSPS) is 16.6. The first-order valence-electron chi connectivity index (χ1n) is 11.6. The molecule has 0 saturated carbocycles. The molecule has 2 aliphatic rings. The van der Waals surface area contributed by atoms with Crippen molar-refractivity contribution >= 4 is 28.8 Å². The molecule has 1 aliphatic heterocycles. The van der Waals surface area contributed by atoms with Crippen molar-refractivity contribution in [3.05, 3.63) is 130 Å². The first kappa shape index (κ1) is 22.2. The van der Waals surface area contributed by atoms with Crippen molar-refractivity contribution in [2.75, 3.05) is 7.11 Å². The lowest BCUT2D eigenvalue weighted by Crippen LogP contribution is -2.39. The van der Waals surface area contributed by atoms with E-state index >= 15 is 0 Å². The van der Waals surface area contributed by atoms with Gasteiger partial charge in [0.2, 0.25) is 0 Å². The SMILES string of the molecule is COc1ccccc1[C@H]1C2=C(N=c3s/c(=C\c4cccc([N+](=O)[O-])c4)c(=O)n31)c1ccccc1CC2. The van der Waals surface area contributed by atoms with Crippen molar-refractivity contribution in [1.29, 1.82) is 0 Å². The molecule has 2 heterocycles. The molecule has 1 atom stereocenters. The number of rotatable bonds is 4. The van der Waals surface area contributed by atoms with Gasteiger partial charge in [0.25, 0.3) is 11.2 Å². The topological polar surface area (TPSA) is 86.7 Å². The van der Waals surface area contributed by atoms with Gasteiger partial charge in [-0.3, -0.25) is 19.5 Å². The molecular formula is C28H21N3O4S. The maximum Gasteiger partial charge on any atom is 0.271 e. The molecule has 178 valence electrons. The summed E-state index contributed by atoms with van der Waals surface area (Å²) in [5, 5.41) is 11.2. The highest BCUT2D eigenvalue weighted by molar-refractivity contribution is 7.07. The van der Waals surface area contributed by atoms with Gasteiger partial charge in [-0.2, -0.15) is 0 Å². The first-order chi connectivity index (χ1) is 17.5. The van der Waals surface area contributed by atoms with Crippen LogP contribution >= 0.6 is 11.3 Å². The van der Waals surface area contributed by atoms with E-state index in [0.717, 1.165) is 35.2 Å². The molecule has 7 nitrogen and oxygen atoms in total. The van der Waals surface area contributed by atoms with Gasteiger partial charge in [0.1, 0.15) is 5.75 Å². The highest BCUT2D eigenvalue weighted by atomic mass is 32.1. The molecule has 0 N–H and O–H groups in total. The number of hydrogen-bond acceptors (Lipinski definition) is 6. The zero-order valence-electron chi connectivity index (χ0n) is 19.4. The minimum absolute atomic E-state index is 0.0181. The van der Waals surface area contributed by atoms with Gasteiger partial charge in [-0.05, 0) is 41.7 Å². The molecule has 0 fully saturated rings. The molecule has 6 rings (SSSR count).